The van der Waals surface area contributed by atoms with Gasteiger partial charge in [-0.15, -0.1) is 0 Å². The number of ether oxygens (including phenoxy) is 1. The van der Waals surface area contributed by atoms with E-state index in [-0.39, 0.29) is 5.92 Å². The third-order valence-electron chi connectivity index (χ3n) is 3.52. The third kappa shape index (κ3) is 4.43. The SMILES string of the molecule is CS(=O)(=O)N1CCCC(COc2ccc(Cl)cc2C=O)C1. The molecule has 0 aliphatic carbocycles. The lowest BCUT2D eigenvalue weighted by molar-refractivity contribution is 0.111. The van der Waals surface area contributed by atoms with Crippen LogP contribution in [0.5, 0.6) is 5.75 Å². The van der Waals surface area contributed by atoms with Crippen molar-refractivity contribution in [2.24, 2.45) is 5.92 Å². The summed E-state index contributed by atoms with van der Waals surface area (Å²) in [6.07, 6.45) is 3.66. The van der Waals surface area contributed by atoms with Crippen LogP contribution in [0.25, 0.3) is 0 Å². The maximum absolute atomic E-state index is 11.6. The number of halogens is 1. The highest BCUT2D eigenvalue weighted by molar-refractivity contribution is 7.88. The first-order valence-corrected chi connectivity index (χ1v) is 8.95. The van der Waals surface area contributed by atoms with Gasteiger partial charge in [-0.2, -0.15) is 0 Å². The Bertz CT molecular complexity index is 617. The molecule has 2 rings (SSSR count). The van der Waals surface area contributed by atoms with Gasteiger partial charge in [0.05, 0.1) is 18.4 Å². The van der Waals surface area contributed by atoms with E-state index >= 15 is 0 Å². The molecular formula is C14H18ClNO4S. The van der Waals surface area contributed by atoms with E-state index in [0.717, 1.165) is 12.8 Å². The maximum Gasteiger partial charge on any atom is 0.211 e. The standard InChI is InChI=1S/C14H18ClNO4S/c1-21(18,19)16-6-2-3-11(8-16)10-20-14-5-4-13(15)7-12(14)9-17/h4-5,7,9,11H,2-3,6,8,10H2,1H3. The van der Waals surface area contributed by atoms with E-state index in [2.05, 4.69) is 0 Å². The Hall–Kier alpha value is -1.11. The van der Waals surface area contributed by atoms with Crippen molar-refractivity contribution in [1.82, 2.24) is 4.31 Å². The first kappa shape index (κ1) is 16.3. The number of rotatable bonds is 5. The van der Waals surface area contributed by atoms with Gasteiger partial charge in [0.1, 0.15) is 5.75 Å². The first-order valence-electron chi connectivity index (χ1n) is 6.73. The summed E-state index contributed by atoms with van der Waals surface area (Å²) in [6, 6.07) is 4.87. The predicted molar refractivity (Wildman–Crippen MR) is 81.5 cm³/mol. The lowest BCUT2D eigenvalue weighted by Crippen LogP contribution is -2.40. The second-order valence-corrected chi connectivity index (χ2v) is 7.66. The van der Waals surface area contributed by atoms with E-state index in [1.807, 2.05) is 0 Å². The molecule has 1 aliphatic rings. The minimum atomic E-state index is -3.16. The summed E-state index contributed by atoms with van der Waals surface area (Å²) in [7, 11) is -3.16. The van der Waals surface area contributed by atoms with Gasteiger partial charge >= 0.3 is 0 Å². The molecule has 1 aromatic rings. The summed E-state index contributed by atoms with van der Waals surface area (Å²) in [4.78, 5) is 11.0. The van der Waals surface area contributed by atoms with E-state index in [1.165, 1.54) is 10.6 Å². The number of benzene rings is 1. The topological polar surface area (TPSA) is 63.7 Å². The molecule has 0 saturated carbocycles. The number of aldehydes is 1. The fourth-order valence-corrected chi connectivity index (χ4v) is 3.54. The summed E-state index contributed by atoms with van der Waals surface area (Å²) in [5.74, 6) is 0.606. The van der Waals surface area contributed by atoms with Crippen LogP contribution in [0.3, 0.4) is 0 Å². The average molecular weight is 332 g/mol. The number of hydrogen-bond donors (Lipinski definition) is 0. The van der Waals surface area contributed by atoms with Gasteiger partial charge in [-0.25, -0.2) is 12.7 Å². The average Bonchev–Trinajstić information content (AvgIpc) is 2.45. The van der Waals surface area contributed by atoms with Crippen molar-refractivity contribution in [3.63, 3.8) is 0 Å². The molecule has 1 aliphatic heterocycles. The van der Waals surface area contributed by atoms with Gasteiger partial charge in [0.2, 0.25) is 10.0 Å². The van der Waals surface area contributed by atoms with Gasteiger partial charge in [0.25, 0.3) is 0 Å². The Labute approximate surface area is 129 Å². The number of carbonyl (C=O) groups excluding carboxylic acids is 1. The first-order chi connectivity index (χ1) is 9.90. The third-order valence-corrected chi connectivity index (χ3v) is 5.03. The molecule has 21 heavy (non-hydrogen) atoms. The zero-order chi connectivity index (χ0) is 15.5. The normalized spacial score (nSPS) is 20.2. The van der Waals surface area contributed by atoms with E-state index in [4.69, 9.17) is 16.3 Å². The van der Waals surface area contributed by atoms with Gasteiger partial charge in [-0.05, 0) is 31.0 Å². The molecule has 0 aromatic heterocycles. The molecule has 5 nitrogen and oxygen atoms in total. The van der Waals surface area contributed by atoms with Gasteiger partial charge < -0.3 is 4.74 Å². The molecule has 1 aromatic carbocycles. The second kappa shape index (κ2) is 6.77. The van der Waals surface area contributed by atoms with Crippen LogP contribution in [-0.2, 0) is 10.0 Å². The molecule has 0 N–H and O–H groups in total. The fraction of sp³-hybridized carbons (Fsp3) is 0.500. The molecule has 1 atom stereocenters. The Kier molecular flexibility index (Phi) is 5.24. The van der Waals surface area contributed by atoms with Crippen LogP contribution < -0.4 is 4.74 Å². The molecule has 1 unspecified atom stereocenters. The van der Waals surface area contributed by atoms with Crippen LogP contribution in [0, 0.1) is 5.92 Å². The smallest absolute Gasteiger partial charge is 0.211 e. The molecule has 1 fully saturated rings. The highest BCUT2D eigenvalue weighted by Crippen LogP contribution is 2.24. The van der Waals surface area contributed by atoms with Gasteiger partial charge in [-0.3, -0.25) is 4.79 Å². The van der Waals surface area contributed by atoms with Gasteiger partial charge in [-0.1, -0.05) is 11.6 Å². The largest absolute Gasteiger partial charge is 0.493 e. The van der Waals surface area contributed by atoms with Crippen molar-refractivity contribution in [3.8, 4) is 5.75 Å². The van der Waals surface area contributed by atoms with Crippen LogP contribution in [0.4, 0.5) is 0 Å². The predicted octanol–water partition coefficient (Wildman–Crippen LogP) is 2.20. The van der Waals surface area contributed by atoms with E-state index < -0.39 is 10.0 Å². The second-order valence-electron chi connectivity index (χ2n) is 5.24. The number of piperidine rings is 1. The summed E-state index contributed by atoms with van der Waals surface area (Å²) in [5.41, 5.74) is 0.401. The van der Waals surface area contributed by atoms with Crippen LogP contribution >= 0.6 is 11.6 Å². The van der Waals surface area contributed by atoms with E-state index in [0.29, 0.717) is 42.3 Å². The molecular weight excluding hydrogens is 314 g/mol. The summed E-state index contributed by atoms with van der Waals surface area (Å²) >= 11 is 5.83. The van der Waals surface area contributed by atoms with Crippen molar-refractivity contribution in [1.29, 1.82) is 0 Å². The highest BCUT2D eigenvalue weighted by Gasteiger charge is 2.26. The zero-order valence-electron chi connectivity index (χ0n) is 11.8. The number of hydrogen-bond acceptors (Lipinski definition) is 4. The van der Waals surface area contributed by atoms with E-state index in [9.17, 15) is 13.2 Å². The van der Waals surface area contributed by atoms with Gasteiger partial charge in [0, 0.05) is 24.0 Å². The minimum Gasteiger partial charge on any atom is -0.493 e. The van der Waals surface area contributed by atoms with Gasteiger partial charge in [0.15, 0.2) is 6.29 Å². The molecule has 0 spiro atoms. The van der Waals surface area contributed by atoms with Crippen LogP contribution in [0.15, 0.2) is 18.2 Å². The molecule has 0 radical (unpaired) electrons. The molecule has 116 valence electrons. The number of carbonyl (C=O) groups is 1. The van der Waals surface area contributed by atoms with Crippen LogP contribution in [-0.4, -0.2) is 45.0 Å². The molecule has 0 amide bonds. The van der Waals surface area contributed by atoms with Crippen molar-refractivity contribution in [2.45, 2.75) is 12.8 Å². The van der Waals surface area contributed by atoms with Crippen molar-refractivity contribution in [3.05, 3.63) is 28.8 Å². The van der Waals surface area contributed by atoms with E-state index in [1.54, 1.807) is 18.2 Å². The highest BCUT2D eigenvalue weighted by atomic mass is 35.5. The monoisotopic (exact) mass is 331 g/mol. The minimum absolute atomic E-state index is 0.128. The molecule has 1 heterocycles. The Morgan fingerprint density at radius 1 is 1.48 bits per heavy atom. The Morgan fingerprint density at radius 2 is 2.24 bits per heavy atom. The Balaban J connectivity index is 1.98. The zero-order valence-corrected chi connectivity index (χ0v) is 13.4. The van der Waals surface area contributed by atoms with Crippen molar-refractivity contribution < 1.29 is 17.9 Å². The summed E-state index contributed by atoms with van der Waals surface area (Å²) < 4.78 is 30.3. The van der Waals surface area contributed by atoms with Crippen LogP contribution in [0.2, 0.25) is 5.02 Å². The Morgan fingerprint density at radius 3 is 2.90 bits per heavy atom. The molecule has 1 saturated heterocycles. The quantitative estimate of drug-likeness (QED) is 0.776. The fourth-order valence-electron chi connectivity index (χ4n) is 2.41. The number of nitrogens with zero attached hydrogens (tertiary/aromatic N) is 1. The van der Waals surface area contributed by atoms with Crippen molar-refractivity contribution >= 4 is 27.9 Å². The molecule has 0 bridgehead atoms. The number of sulfonamides is 1. The lowest BCUT2D eigenvalue weighted by Gasteiger charge is -2.30. The lowest BCUT2D eigenvalue weighted by atomic mass is 10.0. The summed E-state index contributed by atoms with van der Waals surface area (Å²) in [6.45, 7) is 1.41. The molecule has 7 heteroatoms. The van der Waals surface area contributed by atoms with Crippen molar-refractivity contribution in [2.75, 3.05) is 26.0 Å². The summed E-state index contributed by atoms with van der Waals surface area (Å²) in [5, 5.41) is 0.477. The maximum atomic E-state index is 11.6. The van der Waals surface area contributed by atoms with Crippen LogP contribution in [0.1, 0.15) is 23.2 Å².